The second-order valence-corrected chi connectivity index (χ2v) is 5.95. The molecule has 1 unspecified atom stereocenters. The molecule has 2 aromatic carbocycles. The van der Waals surface area contributed by atoms with E-state index in [9.17, 15) is 9.50 Å². The van der Waals surface area contributed by atoms with Gasteiger partial charge < -0.3 is 9.84 Å². The zero-order chi connectivity index (χ0) is 15.7. The number of nitriles is 1. The third-order valence-corrected chi connectivity index (χ3v) is 4.52. The van der Waals surface area contributed by atoms with Crippen molar-refractivity contribution in [2.75, 3.05) is 6.26 Å². The summed E-state index contributed by atoms with van der Waals surface area (Å²) in [5.41, 5.74) is 2.08. The highest BCUT2D eigenvalue weighted by atomic mass is 32.2. The van der Waals surface area contributed by atoms with E-state index in [4.69, 9.17) is 10.00 Å². The molecule has 112 valence electrons. The lowest BCUT2D eigenvalue weighted by Crippen LogP contribution is -1.96. The van der Waals surface area contributed by atoms with Crippen molar-refractivity contribution in [3.63, 3.8) is 0 Å². The van der Waals surface area contributed by atoms with Crippen LogP contribution in [0.15, 0.2) is 35.2 Å². The Hall–Kier alpha value is -2.03. The molecule has 0 saturated heterocycles. The predicted octanol–water partition coefficient (Wildman–Crippen LogP) is 4.19. The highest BCUT2D eigenvalue weighted by Gasteiger charge is 2.27. The lowest BCUT2D eigenvalue weighted by atomic mass is 10.1. The summed E-state index contributed by atoms with van der Waals surface area (Å²) in [6.07, 6.45) is 2.87. The summed E-state index contributed by atoms with van der Waals surface area (Å²) >= 11 is 1.58. The lowest BCUT2D eigenvalue weighted by Gasteiger charge is -2.14. The van der Waals surface area contributed by atoms with E-state index in [1.165, 1.54) is 12.1 Å². The minimum atomic E-state index is -0.508. The van der Waals surface area contributed by atoms with E-state index in [1.807, 2.05) is 24.5 Å². The standard InChI is InChI=1S/C17H14FNO2S/c1-22-16-5-4-15(13-2-3-14(20)17(13)16)21-12-7-10(9-19)6-11(18)8-12/h4-8,14,20H,2-3H2,1H3. The predicted molar refractivity (Wildman–Crippen MR) is 82.7 cm³/mol. The summed E-state index contributed by atoms with van der Waals surface area (Å²) in [5.74, 6) is 0.391. The normalized spacial score (nSPS) is 16.2. The maximum Gasteiger partial charge on any atom is 0.131 e. The van der Waals surface area contributed by atoms with Crippen molar-refractivity contribution in [2.45, 2.75) is 23.8 Å². The Morgan fingerprint density at radius 3 is 2.91 bits per heavy atom. The fraction of sp³-hybridized carbons (Fsp3) is 0.235. The Kier molecular flexibility index (Phi) is 4.06. The molecule has 2 aromatic rings. The summed E-state index contributed by atoms with van der Waals surface area (Å²) in [7, 11) is 0. The quantitative estimate of drug-likeness (QED) is 0.863. The number of benzene rings is 2. The third kappa shape index (κ3) is 2.68. The molecule has 0 fully saturated rings. The second kappa shape index (κ2) is 5.99. The van der Waals surface area contributed by atoms with Crippen LogP contribution in [0.5, 0.6) is 11.5 Å². The molecule has 1 aliphatic carbocycles. The van der Waals surface area contributed by atoms with Crippen molar-refractivity contribution < 1.29 is 14.2 Å². The molecule has 0 saturated carbocycles. The molecule has 0 spiro atoms. The van der Waals surface area contributed by atoms with Crippen LogP contribution in [0.2, 0.25) is 0 Å². The van der Waals surface area contributed by atoms with Crippen LogP contribution in [0, 0.1) is 17.1 Å². The smallest absolute Gasteiger partial charge is 0.131 e. The van der Waals surface area contributed by atoms with Crippen molar-refractivity contribution in [3.8, 4) is 17.6 Å². The van der Waals surface area contributed by atoms with Crippen molar-refractivity contribution >= 4 is 11.8 Å². The van der Waals surface area contributed by atoms with Crippen molar-refractivity contribution in [1.82, 2.24) is 0 Å². The number of ether oxygens (including phenoxy) is 1. The number of fused-ring (bicyclic) bond motifs is 1. The Morgan fingerprint density at radius 2 is 2.18 bits per heavy atom. The number of halogens is 1. The molecular weight excluding hydrogens is 301 g/mol. The fourth-order valence-corrected chi connectivity index (χ4v) is 3.44. The van der Waals surface area contributed by atoms with E-state index in [2.05, 4.69) is 0 Å². The SMILES string of the molecule is CSc1ccc(Oc2cc(F)cc(C#N)c2)c2c1C(O)CC2. The molecule has 0 radical (unpaired) electrons. The van der Waals surface area contributed by atoms with Gasteiger partial charge >= 0.3 is 0 Å². The Bertz CT molecular complexity index is 770. The van der Waals surface area contributed by atoms with Crippen LogP contribution in [-0.2, 0) is 6.42 Å². The van der Waals surface area contributed by atoms with E-state index in [0.717, 1.165) is 28.5 Å². The second-order valence-electron chi connectivity index (χ2n) is 5.10. The van der Waals surface area contributed by atoms with Crippen LogP contribution in [0.3, 0.4) is 0 Å². The van der Waals surface area contributed by atoms with Gasteiger partial charge in [-0.05, 0) is 43.4 Å². The Balaban J connectivity index is 2.01. The van der Waals surface area contributed by atoms with Gasteiger partial charge in [-0.15, -0.1) is 11.8 Å². The van der Waals surface area contributed by atoms with Crippen molar-refractivity contribution in [1.29, 1.82) is 5.26 Å². The molecule has 1 atom stereocenters. The van der Waals surface area contributed by atoms with Crippen molar-refractivity contribution in [2.24, 2.45) is 0 Å². The average Bonchev–Trinajstić information content (AvgIpc) is 2.90. The van der Waals surface area contributed by atoms with E-state index >= 15 is 0 Å². The monoisotopic (exact) mass is 315 g/mol. The number of hydrogen-bond acceptors (Lipinski definition) is 4. The first-order chi connectivity index (χ1) is 10.6. The fourth-order valence-electron chi connectivity index (χ4n) is 2.76. The molecule has 1 aliphatic rings. The summed E-state index contributed by atoms with van der Waals surface area (Å²) in [6, 6.07) is 9.56. The number of aliphatic hydroxyl groups excluding tert-OH is 1. The van der Waals surface area contributed by atoms with Crippen LogP contribution in [-0.4, -0.2) is 11.4 Å². The van der Waals surface area contributed by atoms with Gasteiger partial charge in [0.15, 0.2) is 0 Å². The number of rotatable bonds is 3. The summed E-state index contributed by atoms with van der Waals surface area (Å²) in [4.78, 5) is 1.03. The first-order valence-electron chi connectivity index (χ1n) is 6.88. The first-order valence-corrected chi connectivity index (χ1v) is 8.11. The molecule has 22 heavy (non-hydrogen) atoms. The molecule has 0 heterocycles. The van der Waals surface area contributed by atoms with Gasteiger partial charge in [-0.1, -0.05) is 0 Å². The minimum absolute atomic E-state index is 0.215. The largest absolute Gasteiger partial charge is 0.457 e. The van der Waals surface area contributed by atoms with E-state index in [1.54, 1.807) is 11.8 Å². The van der Waals surface area contributed by atoms with E-state index in [-0.39, 0.29) is 11.3 Å². The van der Waals surface area contributed by atoms with E-state index < -0.39 is 11.9 Å². The van der Waals surface area contributed by atoms with Gasteiger partial charge in [-0.25, -0.2) is 4.39 Å². The van der Waals surface area contributed by atoms with Crippen LogP contribution in [0.1, 0.15) is 29.2 Å². The maximum atomic E-state index is 13.5. The zero-order valence-corrected chi connectivity index (χ0v) is 12.8. The van der Waals surface area contributed by atoms with Gasteiger partial charge in [0, 0.05) is 22.1 Å². The summed E-state index contributed by atoms with van der Waals surface area (Å²) in [6.45, 7) is 0. The minimum Gasteiger partial charge on any atom is -0.457 e. The molecular formula is C17H14FNO2S. The first kappa shape index (κ1) is 14.9. The van der Waals surface area contributed by atoms with Crippen molar-refractivity contribution in [3.05, 3.63) is 52.8 Å². The highest BCUT2D eigenvalue weighted by molar-refractivity contribution is 7.98. The number of aliphatic hydroxyl groups is 1. The number of thioether (sulfide) groups is 1. The molecule has 5 heteroatoms. The summed E-state index contributed by atoms with van der Waals surface area (Å²) in [5, 5.41) is 19.0. The van der Waals surface area contributed by atoms with Gasteiger partial charge in [-0.2, -0.15) is 5.26 Å². The molecule has 0 aromatic heterocycles. The van der Waals surface area contributed by atoms with Crippen LogP contribution in [0.25, 0.3) is 0 Å². The zero-order valence-electron chi connectivity index (χ0n) is 12.0. The Morgan fingerprint density at radius 1 is 1.36 bits per heavy atom. The molecule has 0 aliphatic heterocycles. The molecule has 0 amide bonds. The van der Waals surface area contributed by atoms with Crippen LogP contribution < -0.4 is 4.74 Å². The molecule has 3 rings (SSSR count). The molecule has 0 bridgehead atoms. The average molecular weight is 315 g/mol. The molecule has 3 nitrogen and oxygen atoms in total. The molecule has 1 N–H and O–H groups in total. The maximum absolute atomic E-state index is 13.5. The topological polar surface area (TPSA) is 53.2 Å². The third-order valence-electron chi connectivity index (χ3n) is 3.72. The van der Waals surface area contributed by atoms with E-state index in [0.29, 0.717) is 12.2 Å². The van der Waals surface area contributed by atoms with Gasteiger partial charge in [0.05, 0.1) is 17.7 Å². The number of nitrogens with zero attached hydrogens (tertiary/aromatic N) is 1. The lowest BCUT2D eigenvalue weighted by molar-refractivity contribution is 0.177. The van der Waals surface area contributed by atoms with Gasteiger partial charge in [0.1, 0.15) is 17.3 Å². The van der Waals surface area contributed by atoms with Gasteiger partial charge in [0.25, 0.3) is 0 Å². The Labute approximate surface area is 132 Å². The van der Waals surface area contributed by atoms with Gasteiger partial charge in [-0.3, -0.25) is 0 Å². The highest BCUT2D eigenvalue weighted by Crippen LogP contribution is 2.43. The number of hydrogen-bond donors (Lipinski definition) is 1. The summed E-state index contributed by atoms with van der Waals surface area (Å²) < 4.78 is 19.3. The van der Waals surface area contributed by atoms with Gasteiger partial charge in [0.2, 0.25) is 0 Å². The van der Waals surface area contributed by atoms with Crippen LogP contribution in [0.4, 0.5) is 4.39 Å². The van der Waals surface area contributed by atoms with Crippen LogP contribution >= 0.6 is 11.8 Å².